The maximum atomic E-state index is 6.08. The van der Waals surface area contributed by atoms with Gasteiger partial charge in [-0.15, -0.1) is 0 Å². The minimum absolute atomic E-state index is 0.399. The van der Waals surface area contributed by atoms with E-state index < -0.39 is 0 Å². The van der Waals surface area contributed by atoms with Crippen molar-refractivity contribution in [1.82, 2.24) is 14.8 Å². The molecule has 0 aliphatic heterocycles. The van der Waals surface area contributed by atoms with Gasteiger partial charge in [0.25, 0.3) is 0 Å². The Morgan fingerprint density at radius 1 is 1.50 bits per heavy atom. The van der Waals surface area contributed by atoms with Crippen LogP contribution in [0.25, 0.3) is 11.3 Å². The summed E-state index contributed by atoms with van der Waals surface area (Å²) >= 11 is 6.08. The normalized spacial score (nSPS) is 12.7. The highest BCUT2D eigenvalue weighted by Gasteiger charge is 2.09. The van der Waals surface area contributed by atoms with E-state index in [1.165, 1.54) is 0 Å². The van der Waals surface area contributed by atoms with Crippen molar-refractivity contribution in [3.8, 4) is 11.3 Å². The van der Waals surface area contributed by atoms with Gasteiger partial charge in [0.2, 0.25) is 0 Å². The molecule has 2 heterocycles. The van der Waals surface area contributed by atoms with Crippen molar-refractivity contribution in [3.05, 3.63) is 35.7 Å². The highest BCUT2D eigenvalue weighted by atomic mass is 35.5. The number of hydrogen-bond acceptors (Lipinski definition) is 2. The van der Waals surface area contributed by atoms with Gasteiger partial charge in [0, 0.05) is 24.0 Å². The fourth-order valence-corrected chi connectivity index (χ4v) is 1.72. The van der Waals surface area contributed by atoms with Gasteiger partial charge in [-0.25, -0.2) is 0 Å². The molecule has 16 heavy (non-hydrogen) atoms. The van der Waals surface area contributed by atoms with Gasteiger partial charge in [0.05, 0.1) is 16.9 Å². The zero-order chi connectivity index (χ0) is 11.5. The van der Waals surface area contributed by atoms with Crippen LogP contribution in [-0.4, -0.2) is 14.8 Å². The molecule has 84 valence electrons. The molecule has 0 spiro atoms. The molecule has 0 saturated heterocycles. The van der Waals surface area contributed by atoms with Crippen molar-refractivity contribution in [2.45, 2.75) is 26.3 Å². The lowest BCUT2D eigenvalue weighted by molar-refractivity contribution is 0.478. The average molecular weight is 236 g/mol. The SMILES string of the molecule is CCC(C)n1cc(-c2ncccc2Cl)cn1. The van der Waals surface area contributed by atoms with E-state index in [0.29, 0.717) is 11.1 Å². The Labute approximate surface area is 100 Å². The van der Waals surface area contributed by atoms with Gasteiger partial charge in [-0.05, 0) is 25.5 Å². The first-order chi connectivity index (χ1) is 7.72. The molecular weight excluding hydrogens is 222 g/mol. The molecule has 0 radical (unpaired) electrons. The lowest BCUT2D eigenvalue weighted by Gasteiger charge is -2.07. The zero-order valence-electron chi connectivity index (χ0n) is 9.39. The summed E-state index contributed by atoms with van der Waals surface area (Å²) in [6.45, 7) is 4.27. The van der Waals surface area contributed by atoms with Crippen LogP contribution in [0.15, 0.2) is 30.7 Å². The van der Waals surface area contributed by atoms with Crippen LogP contribution in [0.2, 0.25) is 5.02 Å². The van der Waals surface area contributed by atoms with E-state index >= 15 is 0 Å². The lowest BCUT2D eigenvalue weighted by Crippen LogP contribution is -2.03. The monoisotopic (exact) mass is 235 g/mol. The Kier molecular flexibility index (Phi) is 3.25. The molecule has 0 bridgehead atoms. The van der Waals surface area contributed by atoms with Crippen LogP contribution in [0, 0.1) is 0 Å². The molecule has 3 nitrogen and oxygen atoms in total. The van der Waals surface area contributed by atoms with E-state index in [1.807, 2.05) is 23.0 Å². The molecule has 0 aromatic carbocycles. The highest BCUT2D eigenvalue weighted by molar-refractivity contribution is 6.32. The number of rotatable bonds is 3. The minimum Gasteiger partial charge on any atom is -0.269 e. The molecular formula is C12H14ClN3. The summed E-state index contributed by atoms with van der Waals surface area (Å²) in [5.41, 5.74) is 1.75. The Balaban J connectivity index is 2.35. The van der Waals surface area contributed by atoms with Gasteiger partial charge >= 0.3 is 0 Å². The van der Waals surface area contributed by atoms with Crippen LogP contribution in [0.1, 0.15) is 26.3 Å². The third-order valence-corrected chi connectivity index (χ3v) is 2.98. The lowest BCUT2D eigenvalue weighted by atomic mass is 10.2. The van der Waals surface area contributed by atoms with E-state index in [1.54, 1.807) is 12.4 Å². The fourth-order valence-electron chi connectivity index (χ4n) is 1.49. The van der Waals surface area contributed by atoms with Gasteiger partial charge in [0.15, 0.2) is 0 Å². The second kappa shape index (κ2) is 4.66. The van der Waals surface area contributed by atoms with Crippen LogP contribution in [0.3, 0.4) is 0 Å². The second-order valence-corrected chi connectivity index (χ2v) is 4.21. The molecule has 0 saturated carbocycles. The highest BCUT2D eigenvalue weighted by Crippen LogP contribution is 2.25. The molecule has 0 aliphatic rings. The van der Waals surface area contributed by atoms with Crippen molar-refractivity contribution in [3.63, 3.8) is 0 Å². The van der Waals surface area contributed by atoms with E-state index in [2.05, 4.69) is 23.9 Å². The number of pyridine rings is 1. The van der Waals surface area contributed by atoms with Gasteiger partial charge < -0.3 is 0 Å². The molecule has 0 aliphatic carbocycles. The standard InChI is InChI=1S/C12H14ClN3/c1-3-9(2)16-8-10(7-15-16)12-11(13)5-4-6-14-12/h4-9H,3H2,1-2H3. The number of halogens is 1. The summed E-state index contributed by atoms with van der Waals surface area (Å²) in [4.78, 5) is 4.26. The van der Waals surface area contributed by atoms with E-state index in [4.69, 9.17) is 11.6 Å². The number of nitrogens with zero attached hydrogens (tertiary/aromatic N) is 3. The first-order valence-corrected chi connectivity index (χ1v) is 5.75. The van der Waals surface area contributed by atoms with E-state index in [-0.39, 0.29) is 0 Å². The first-order valence-electron chi connectivity index (χ1n) is 5.37. The predicted octanol–water partition coefficient (Wildman–Crippen LogP) is 3.57. The molecule has 0 fully saturated rings. The van der Waals surface area contributed by atoms with Gasteiger partial charge in [-0.2, -0.15) is 5.10 Å². The number of aromatic nitrogens is 3. The van der Waals surface area contributed by atoms with Crippen LogP contribution in [0.5, 0.6) is 0 Å². The molecule has 2 rings (SSSR count). The Morgan fingerprint density at radius 2 is 2.31 bits per heavy atom. The molecule has 0 amide bonds. The molecule has 0 N–H and O–H groups in total. The van der Waals surface area contributed by atoms with Crippen molar-refractivity contribution in [1.29, 1.82) is 0 Å². The number of hydrogen-bond donors (Lipinski definition) is 0. The maximum absolute atomic E-state index is 6.08. The summed E-state index contributed by atoms with van der Waals surface area (Å²) in [5.74, 6) is 0. The molecule has 2 aromatic heterocycles. The Bertz CT molecular complexity index is 479. The maximum Gasteiger partial charge on any atom is 0.0919 e. The van der Waals surface area contributed by atoms with Gasteiger partial charge in [-0.3, -0.25) is 9.67 Å². The zero-order valence-corrected chi connectivity index (χ0v) is 10.1. The average Bonchev–Trinajstić information content (AvgIpc) is 2.78. The van der Waals surface area contributed by atoms with Crippen LogP contribution < -0.4 is 0 Å². The molecule has 2 aromatic rings. The van der Waals surface area contributed by atoms with Gasteiger partial charge in [-0.1, -0.05) is 18.5 Å². The molecule has 4 heteroatoms. The van der Waals surface area contributed by atoms with Crippen molar-refractivity contribution in [2.24, 2.45) is 0 Å². The molecule has 1 unspecified atom stereocenters. The summed E-state index contributed by atoms with van der Waals surface area (Å²) < 4.78 is 1.94. The van der Waals surface area contributed by atoms with Crippen molar-refractivity contribution < 1.29 is 0 Å². The smallest absolute Gasteiger partial charge is 0.0919 e. The van der Waals surface area contributed by atoms with Crippen LogP contribution in [-0.2, 0) is 0 Å². The van der Waals surface area contributed by atoms with Crippen molar-refractivity contribution >= 4 is 11.6 Å². The van der Waals surface area contributed by atoms with Crippen molar-refractivity contribution in [2.75, 3.05) is 0 Å². The third kappa shape index (κ3) is 2.09. The predicted molar refractivity (Wildman–Crippen MR) is 65.5 cm³/mol. The van der Waals surface area contributed by atoms with E-state index in [0.717, 1.165) is 17.7 Å². The van der Waals surface area contributed by atoms with Crippen LogP contribution in [0.4, 0.5) is 0 Å². The first kappa shape index (κ1) is 11.1. The largest absolute Gasteiger partial charge is 0.269 e. The third-order valence-electron chi connectivity index (χ3n) is 2.68. The van der Waals surface area contributed by atoms with E-state index in [9.17, 15) is 0 Å². The topological polar surface area (TPSA) is 30.7 Å². The van der Waals surface area contributed by atoms with Gasteiger partial charge in [0.1, 0.15) is 0 Å². The summed E-state index contributed by atoms with van der Waals surface area (Å²) in [6, 6.07) is 4.06. The minimum atomic E-state index is 0.399. The summed E-state index contributed by atoms with van der Waals surface area (Å²) in [6.07, 6.45) is 6.58. The van der Waals surface area contributed by atoms with Crippen LogP contribution >= 0.6 is 11.6 Å². The fraction of sp³-hybridized carbons (Fsp3) is 0.333. The molecule has 1 atom stereocenters. The summed E-state index contributed by atoms with van der Waals surface area (Å²) in [5, 5.41) is 4.98. The Morgan fingerprint density at radius 3 is 3.00 bits per heavy atom. The Hall–Kier alpha value is -1.35. The summed E-state index contributed by atoms with van der Waals surface area (Å²) in [7, 11) is 0. The quantitative estimate of drug-likeness (QED) is 0.814. The second-order valence-electron chi connectivity index (χ2n) is 3.80.